The number of sulfonamides is 1. The highest BCUT2D eigenvalue weighted by Crippen LogP contribution is 2.33. The second kappa shape index (κ2) is 4.41. The fraction of sp³-hybridized carbons (Fsp3) is 0.444. The maximum absolute atomic E-state index is 11.1. The van der Waals surface area contributed by atoms with Crippen LogP contribution >= 0.6 is 0 Å². The molecule has 0 amide bonds. The van der Waals surface area contributed by atoms with Gasteiger partial charge in [0, 0.05) is 0 Å². The van der Waals surface area contributed by atoms with Gasteiger partial charge in [0.05, 0.1) is 23.3 Å². The summed E-state index contributed by atoms with van der Waals surface area (Å²) in [5.74, 6) is 0.0483. The summed E-state index contributed by atoms with van der Waals surface area (Å²) < 4.78 is 29.8. The highest BCUT2D eigenvalue weighted by Gasteiger charge is 2.26. The molecule has 98 valence electrons. The monoisotopic (exact) mass is 273 g/mol. The van der Waals surface area contributed by atoms with Crippen LogP contribution in [0.3, 0.4) is 0 Å². The van der Waals surface area contributed by atoms with Gasteiger partial charge in [0.1, 0.15) is 6.20 Å². The van der Waals surface area contributed by atoms with Gasteiger partial charge in [0.2, 0.25) is 10.0 Å². The van der Waals surface area contributed by atoms with Crippen molar-refractivity contribution >= 4 is 21.5 Å². The lowest BCUT2D eigenvalue weighted by Crippen LogP contribution is -2.13. The maximum Gasteiger partial charge on any atom is 0.291 e. The molecule has 1 saturated carbocycles. The van der Waals surface area contributed by atoms with Gasteiger partial charge < -0.3 is 4.74 Å². The number of ether oxygens (including phenoxy) is 1. The standard InChI is InChI=1S/C9H11N3O5S/c1-18(15,16)11-9-8(17-7-2-3-7)4-6(5-10-9)12(13)14/h4-5,7H,2-3H2,1H3,(H,10,11). The summed E-state index contributed by atoms with van der Waals surface area (Å²) >= 11 is 0. The molecule has 1 fully saturated rings. The first-order valence-corrected chi connectivity index (χ1v) is 7.03. The molecule has 2 rings (SSSR count). The van der Waals surface area contributed by atoms with Crippen LogP contribution in [0.15, 0.2) is 12.3 Å². The molecular weight excluding hydrogens is 262 g/mol. The summed E-state index contributed by atoms with van der Waals surface area (Å²) in [4.78, 5) is 13.7. The van der Waals surface area contributed by atoms with Crippen LogP contribution < -0.4 is 9.46 Å². The zero-order chi connectivity index (χ0) is 13.3. The number of hydrogen-bond donors (Lipinski definition) is 1. The Kier molecular flexibility index (Phi) is 3.07. The predicted molar refractivity (Wildman–Crippen MR) is 63.0 cm³/mol. The number of hydrogen-bond acceptors (Lipinski definition) is 6. The van der Waals surface area contributed by atoms with E-state index in [2.05, 4.69) is 9.71 Å². The highest BCUT2D eigenvalue weighted by atomic mass is 32.2. The highest BCUT2D eigenvalue weighted by molar-refractivity contribution is 7.92. The number of aromatic nitrogens is 1. The van der Waals surface area contributed by atoms with Gasteiger partial charge >= 0.3 is 0 Å². The summed E-state index contributed by atoms with van der Waals surface area (Å²) in [5.41, 5.74) is -0.246. The third-order valence-corrected chi connectivity index (χ3v) is 2.71. The third-order valence-electron chi connectivity index (χ3n) is 2.15. The fourth-order valence-corrected chi connectivity index (χ4v) is 1.75. The molecule has 0 spiro atoms. The number of rotatable bonds is 5. The minimum atomic E-state index is -3.51. The van der Waals surface area contributed by atoms with Gasteiger partial charge in [0.15, 0.2) is 11.6 Å². The van der Waals surface area contributed by atoms with E-state index in [-0.39, 0.29) is 23.4 Å². The van der Waals surface area contributed by atoms with E-state index < -0.39 is 14.9 Å². The van der Waals surface area contributed by atoms with Crippen LogP contribution in [0.25, 0.3) is 0 Å². The largest absolute Gasteiger partial charge is 0.486 e. The Morgan fingerprint density at radius 1 is 1.56 bits per heavy atom. The molecule has 1 heterocycles. The Balaban J connectivity index is 2.34. The minimum Gasteiger partial charge on any atom is -0.486 e. The Bertz CT molecular complexity index is 582. The van der Waals surface area contributed by atoms with Crippen LogP contribution in [-0.4, -0.2) is 30.7 Å². The van der Waals surface area contributed by atoms with Crippen LogP contribution in [-0.2, 0) is 10.0 Å². The van der Waals surface area contributed by atoms with Crippen molar-refractivity contribution in [3.8, 4) is 5.75 Å². The average molecular weight is 273 g/mol. The number of nitro groups is 1. The molecule has 0 unspecified atom stereocenters. The summed E-state index contributed by atoms with van der Waals surface area (Å²) in [6.45, 7) is 0. The van der Waals surface area contributed by atoms with Crippen LogP contribution in [0.4, 0.5) is 11.5 Å². The van der Waals surface area contributed by atoms with Gasteiger partial charge in [-0.15, -0.1) is 0 Å². The van der Waals surface area contributed by atoms with Gasteiger partial charge in [-0.05, 0) is 12.8 Å². The SMILES string of the molecule is CS(=O)(=O)Nc1ncc([N+](=O)[O-])cc1OC1CC1. The molecule has 0 aromatic carbocycles. The minimum absolute atomic E-state index is 0.0195. The molecule has 1 aliphatic rings. The smallest absolute Gasteiger partial charge is 0.291 e. The summed E-state index contributed by atoms with van der Waals surface area (Å²) in [7, 11) is -3.51. The van der Waals surface area contributed by atoms with E-state index in [0.29, 0.717) is 0 Å². The Labute approximate surface area is 103 Å². The Morgan fingerprint density at radius 3 is 2.72 bits per heavy atom. The van der Waals surface area contributed by atoms with Crippen molar-refractivity contribution in [3.05, 3.63) is 22.4 Å². The lowest BCUT2D eigenvalue weighted by molar-refractivity contribution is -0.385. The molecular formula is C9H11N3O5S. The van der Waals surface area contributed by atoms with Crippen molar-refractivity contribution < 1.29 is 18.1 Å². The number of pyridine rings is 1. The molecule has 9 heteroatoms. The molecule has 0 radical (unpaired) electrons. The Hall–Kier alpha value is -1.90. The number of nitrogens with one attached hydrogen (secondary N) is 1. The molecule has 0 aliphatic heterocycles. The van der Waals surface area contributed by atoms with Crippen LogP contribution in [0.1, 0.15) is 12.8 Å². The van der Waals surface area contributed by atoms with E-state index in [1.807, 2.05) is 0 Å². The fourth-order valence-electron chi connectivity index (χ4n) is 1.24. The maximum atomic E-state index is 11.1. The van der Waals surface area contributed by atoms with Crippen molar-refractivity contribution in [2.24, 2.45) is 0 Å². The topological polar surface area (TPSA) is 111 Å². The van der Waals surface area contributed by atoms with Crippen LogP contribution in [0.5, 0.6) is 5.75 Å². The van der Waals surface area contributed by atoms with Crippen molar-refractivity contribution in [2.75, 3.05) is 11.0 Å². The molecule has 1 aromatic rings. The zero-order valence-electron chi connectivity index (χ0n) is 9.49. The van der Waals surface area contributed by atoms with Crippen molar-refractivity contribution in [2.45, 2.75) is 18.9 Å². The first-order chi connectivity index (χ1) is 8.35. The summed E-state index contributed by atoms with van der Waals surface area (Å²) in [6, 6.07) is 1.17. The Morgan fingerprint density at radius 2 is 2.22 bits per heavy atom. The molecule has 18 heavy (non-hydrogen) atoms. The van der Waals surface area contributed by atoms with E-state index in [1.54, 1.807) is 0 Å². The predicted octanol–water partition coefficient (Wildman–Crippen LogP) is 0.902. The van der Waals surface area contributed by atoms with Gasteiger partial charge in [-0.2, -0.15) is 0 Å². The molecule has 0 bridgehead atoms. The molecule has 0 saturated heterocycles. The van der Waals surface area contributed by atoms with E-state index in [0.717, 1.165) is 25.3 Å². The molecule has 0 atom stereocenters. The van der Waals surface area contributed by atoms with E-state index in [4.69, 9.17) is 4.74 Å². The lowest BCUT2D eigenvalue weighted by atomic mass is 10.4. The first-order valence-electron chi connectivity index (χ1n) is 5.14. The van der Waals surface area contributed by atoms with E-state index >= 15 is 0 Å². The second-order valence-corrected chi connectivity index (χ2v) is 5.74. The lowest BCUT2D eigenvalue weighted by Gasteiger charge is -2.10. The van der Waals surface area contributed by atoms with E-state index in [9.17, 15) is 18.5 Å². The first kappa shape index (κ1) is 12.6. The number of anilines is 1. The second-order valence-electron chi connectivity index (χ2n) is 3.99. The zero-order valence-corrected chi connectivity index (χ0v) is 10.3. The van der Waals surface area contributed by atoms with E-state index in [1.165, 1.54) is 6.07 Å². The summed E-state index contributed by atoms with van der Waals surface area (Å²) in [6.07, 6.45) is 3.63. The molecule has 8 nitrogen and oxygen atoms in total. The average Bonchev–Trinajstić information content (AvgIpc) is 3.02. The van der Waals surface area contributed by atoms with Crippen molar-refractivity contribution in [1.29, 1.82) is 0 Å². The third kappa shape index (κ3) is 3.29. The van der Waals surface area contributed by atoms with Gasteiger partial charge in [-0.3, -0.25) is 14.8 Å². The van der Waals surface area contributed by atoms with Crippen molar-refractivity contribution in [3.63, 3.8) is 0 Å². The van der Waals surface area contributed by atoms with Gasteiger partial charge in [-0.1, -0.05) is 0 Å². The van der Waals surface area contributed by atoms with Crippen LogP contribution in [0.2, 0.25) is 0 Å². The normalized spacial score (nSPS) is 15.2. The van der Waals surface area contributed by atoms with Gasteiger partial charge in [-0.25, -0.2) is 13.4 Å². The molecule has 1 N–H and O–H groups in total. The van der Waals surface area contributed by atoms with Crippen molar-refractivity contribution in [1.82, 2.24) is 4.98 Å². The summed E-state index contributed by atoms with van der Waals surface area (Å²) in [5, 5.41) is 10.6. The molecule has 1 aromatic heterocycles. The molecule has 1 aliphatic carbocycles. The quantitative estimate of drug-likeness (QED) is 0.630. The number of nitrogens with zero attached hydrogens (tertiary/aromatic N) is 2. The van der Waals surface area contributed by atoms with Gasteiger partial charge in [0.25, 0.3) is 5.69 Å². The van der Waals surface area contributed by atoms with Crippen LogP contribution in [0, 0.1) is 10.1 Å².